The summed E-state index contributed by atoms with van der Waals surface area (Å²) in [5.41, 5.74) is 0.905. The zero-order valence-electron chi connectivity index (χ0n) is 8.95. The third kappa shape index (κ3) is 2.72. The minimum Gasteiger partial charge on any atom is -0.375 e. The Morgan fingerprint density at radius 2 is 2.25 bits per heavy atom. The summed E-state index contributed by atoms with van der Waals surface area (Å²) in [6.45, 7) is 2.15. The molecule has 16 heavy (non-hydrogen) atoms. The number of carbonyl (C=O) groups excluding carboxylic acids is 1. The average molecular weight is 284 g/mol. The van der Waals surface area contributed by atoms with Gasteiger partial charge in [0.2, 0.25) is 5.91 Å². The Morgan fingerprint density at radius 3 is 2.94 bits per heavy atom. The number of amides is 1. The molecule has 0 unspecified atom stereocenters. The normalized spacial score (nSPS) is 15.2. The van der Waals surface area contributed by atoms with Crippen molar-refractivity contribution in [3.8, 4) is 0 Å². The molecule has 0 radical (unpaired) electrons. The van der Waals surface area contributed by atoms with Gasteiger partial charge in [-0.2, -0.15) is 0 Å². The predicted octanol–water partition coefficient (Wildman–Crippen LogP) is 1.88. The molecule has 5 heteroatoms. The van der Waals surface area contributed by atoms with Gasteiger partial charge in [0.1, 0.15) is 0 Å². The standard InChI is InChI=1S/C11H14BrN3O/c12-9-7-13-4-3-10(9)14-8-11(16)15-5-1-2-6-15/h3-4,7H,1-2,5-6,8H2,(H,13,14). The number of hydrogen-bond donors (Lipinski definition) is 1. The van der Waals surface area contributed by atoms with Crippen molar-refractivity contribution in [3.05, 3.63) is 22.9 Å². The topological polar surface area (TPSA) is 45.2 Å². The van der Waals surface area contributed by atoms with Crippen LogP contribution in [0.1, 0.15) is 12.8 Å². The average Bonchev–Trinajstić information content (AvgIpc) is 2.81. The number of aromatic nitrogens is 1. The van der Waals surface area contributed by atoms with Gasteiger partial charge in [0, 0.05) is 25.5 Å². The van der Waals surface area contributed by atoms with E-state index in [-0.39, 0.29) is 5.91 Å². The number of anilines is 1. The first-order valence-corrected chi connectivity index (χ1v) is 6.18. The maximum atomic E-state index is 11.8. The van der Waals surface area contributed by atoms with Gasteiger partial charge >= 0.3 is 0 Å². The second-order valence-corrected chi connectivity index (χ2v) is 4.65. The van der Waals surface area contributed by atoms with Crippen molar-refractivity contribution in [3.63, 3.8) is 0 Å². The molecule has 0 saturated carbocycles. The minimum atomic E-state index is 0.168. The van der Waals surface area contributed by atoms with E-state index in [0.717, 1.165) is 36.1 Å². The summed E-state index contributed by atoms with van der Waals surface area (Å²) in [5.74, 6) is 0.168. The smallest absolute Gasteiger partial charge is 0.241 e. The van der Waals surface area contributed by atoms with Crippen molar-refractivity contribution in [2.45, 2.75) is 12.8 Å². The van der Waals surface area contributed by atoms with Crippen LogP contribution < -0.4 is 5.32 Å². The van der Waals surface area contributed by atoms with Gasteiger partial charge in [-0.15, -0.1) is 0 Å². The van der Waals surface area contributed by atoms with Crippen molar-refractivity contribution in [1.29, 1.82) is 0 Å². The molecule has 0 bridgehead atoms. The zero-order chi connectivity index (χ0) is 11.4. The molecule has 0 aliphatic carbocycles. The fraction of sp³-hybridized carbons (Fsp3) is 0.455. The van der Waals surface area contributed by atoms with Gasteiger partial charge in [-0.05, 0) is 34.8 Å². The van der Waals surface area contributed by atoms with Crippen LogP contribution in [0.5, 0.6) is 0 Å². The lowest BCUT2D eigenvalue weighted by atomic mass is 10.4. The number of hydrogen-bond acceptors (Lipinski definition) is 3. The van der Waals surface area contributed by atoms with Crippen LogP contribution in [-0.4, -0.2) is 35.4 Å². The van der Waals surface area contributed by atoms with E-state index in [0.29, 0.717) is 6.54 Å². The molecule has 4 nitrogen and oxygen atoms in total. The number of nitrogens with one attached hydrogen (secondary N) is 1. The maximum Gasteiger partial charge on any atom is 0.241 e. The summed E-state index contributed by atoms with van der Waals surface area (Å²) < 4.78 is 0.879. The molecule has 0 aromatic carbocycles. The summed E-state index contributed by atoms with van der Waals surface area (Å²) >= 11 is 3.38. The summed E-state index contributed by atoms with van der Waals surface area (Å²) in [5, 5.41) is 3.11. The van der Waals surface area contributed by atoms with Gasteiger partial charge < -0.3 is 10.2 Å². The van der Waals surface area contributed by atoms with E-state index in [1.807, 2.05) is 11.0 Å². The molecule has 0 atom stereocenters. The van der Waals surface area contributed by atoms with Gasteiger partial charge in [-0.1, -0.05) is 0 Å². The highest BCUT2D eigenvalue weighted by atomic mass is 79.9. The Kier molecular flexibility index (Phi) is 3.77. The van der Waals surface area contributed by atoms with Crippen molar-refractivity contribution < 1.29 is 4.79 Å². The molecule has 2 rings (SSSR count). The van der Waals surface area contributed by atoms with Gasteiger partial charge in [0.15, 0.2) is 0 Å². The molecule has 1 N–H and O–H groups in total. The molecule has 1 aromatic heterocycles. The molecule has 1 aliphatic rings. The lowest BCUT2D eigenvalue weighted by Gasteiger charge is -2.16. The molecule has 1 fully saturated rings. The highest BCUT2D eigenvalue weighted by Crippen LogP contribution is 2.19. The van der Waals surface area contributed by atoms with E-state index in [1.165, 1.54) is 0 Å². The Balaban J connectivity index is 1.87. The first-order valence-electron chi connectivity index (χ1n) is 5.38. The Bertz CT molecular complexity index is 377. The summed E-state index contributed by atoms with van der Waals surface area (Å²) in [4.78, 5) is 17.6. The monoisotopic (exact) mass is 283 g/mol. The number of pyridine rings is 1. The van der Waals surface area contributed by atoms with Crippen molar-refractivity contribution in [1.82, 2.24) is 9.88 Å². The van der Waals surface area contributed by atoms with Crippen molar-refractivity contribution in [2.24, 2.45) is 0 Å². The van der Waals surface area contributed by atoms with E-state index in [4.69, 9.17) is 0 Å². The van der Waals surface area contributed by atoms with Crippen LogP contribution in [0.3, 0.4) is 0 Å². The second-order valence-electron chi connectivity index (χ2n) is 3.80. The first-order chi connectivity index (χ1) is 7.77. The SMILES string of the molecule is O=C(CNc1ccncc1Br)N1CCCC1. The summed E-state index contributed by atoms with van der Waals surface area (Å²) in [6.07, 6.45) is 5.67. The fourth-order valence-electron chi connectivity index (χ4n) is 1.77. The zero-order valence-corrected chi connectivity index (χ0v) is 10.5. The predicted molar refractivity (Wildman–Crippen MR) is 66.2 cm³/mol. The lowest BCUT2D eigenvalue weighted by molar-refractivity contribution is -0.128. The van der Waals surface area contributed by atoms with Crippen LogP contribution in [0.2, 0.25) is 0 Å². The molecular weight excluding hydrogens is 270 g/mol. The molecule has 1 aliphatic heterocycles. The number of nitrogens with zero attached hydrogens (tertiary/aromatic N) is 2. The van der Waals surface area contributed by atoms with Gasteiger partial charge in [-0.3, -0.25) is 9.78 Å². The van der Waals surface area contributed by atoms with Gasteiger partial charge in [0.25, 0.3) is 0 Å². The molecule has 0 spiro atoms. The van der Waals surface area contributed by atoms with Crippen molar-refractivity contribution >= 4 is 27.5 Å². The quantitative estimate of drug-likeness (QED) is 0.921. The third-order valence-electron chi connectivity index (χ3n) is 2.66. The van der Waals surface area contributed by atoms with E-state index in [9.17, 15) is 4.79 Å². The van der Waals surface area contributed by atoms with Crippen LogP contribution in [0.4, 0.5) is 5.69 Å². The minimum absolute atomic E-state index is 0.168. The highest BCUT2D eigenvalue weighted by molar-refractivity contribution is 9.10. The first kappa shape index (κ1) is 11.4. The molecular formula is C11H14BrN3O. The van der Waals surface area contributed by atoms with Crippen LogP contribution in [-0.2, 0) is 4.79 Å². The molecule has 86 valence electrons. The van der Waals surface area contributed by atoms with Crippen LogP contribution >= 0.6 is 15.9 Å². The second kappa shape index (κ2) is 5.30. The largest absolute Gasteiger partial charge is 0.375 e. The van der Waals surface area contributed by atoms with Crippen LogP contribution in [0.25, 0.3) is 0 Å². The molecule has 1 saturated heterocycles. The number of rotatable bonds is 3. The molecule has 2 heterocycles. The van der Waals surface area contributed by atoms with E-state index in [1.54, 1.807) is 12.4 Å². The molecule has 1 aromatic rings. The summed E-state index contributed by atoms with van der Waals surface area (Å²) in [6, 6.07) is 1.85. The fourth-order valence-corrected chi connectivity index (χ4v) is 2.16. The van der Waals surface area contributed by atoms with Crippen LogP contribution in [0, 0.1) is 0 Å². The summed E-state index contributed by atoms with van der Waals surface area (Å²) in [7, 11) is 0. The number of likely N-dealkylation sites (tertiary alicyclic amines) is 1. The van der Waals surface area contributed by atoms with E-state index < -0.39 is 0 Å². The maximum absolute atomic E-state index is 11.8. The van der Waals surface area contributed by atoms with E-state index >= 15 is 0 Å². The number of halogens is 1. The lowest BCUT2D eigenvalue weighted by Crippen LogP contribution is -2.33. The van der Waals surface area contributed by atoms with Gasteiger partial charge in [0.05, 0.1) is 16.7 Å². The Morgan fingerprint density at radius 1 is 1.50 bits per heavy atom. The van der Waals surface area contributed by atoms with Crippen molar-refractivity contribution in [2.75, 3.05) is 25.0 Å². The Hall–Kier alpha value is -1.10. The van der Waals surface area contributed by atoms with Gasteiger partial charge in [-0.25, -0.2) is 0 Å². The molecule has 1 amide bonds. The van der Waals surface area contributed by atoms with Crippen LogP contribution in [0.15, 0.2) is 22.9 Å². The highest BCUT2D eigenvalue weighted by Gasteiger charge is 2.17. The Labute approximate surface area is 103 Å². The third-order valence-corrected chi connectivity index (χ3v) is 3.29. The van der Waals surface area contributed by atoms with E-state index in [2.05, 4.69) is 26.2 Å². The number of carbonyl (C=O) groups is 1.